The average molecular weight is 281 g/mol. The molecule has 5 heteroatoms. The third-order valence-electron chi connectivity index (χ3n) is 3.06. The molecule has 1 rings (SSSR count). The van der Waals surface area contributed by atoms with Gasteiger partial charge in [-0.2, -0.15) is 0 Å². The van der Waals surface area contributed by atoms with E-state index in [1.54, 1.807) is 24.3 Å². The molecule has 19 heavy (non-hydrogen) atoms. The normalized spacial score (nSPS) is 11.8. The number of amides is 1. The van der Waals surface area contributed by atoms with Gasteiger partial charge in [0.15, 0.2) is 0 Å². The van der Waals surface area contributed by atoms with Crippen LogP contribution in [-0.2, 0) is 9.59 Å². The van der Waals surface area contributed by atoms with E-state index in [-0.39, 0.29) is 5.91 Å². The summed E-state index contributed by atoms with van der Waals surface area (Å²) in [4.78, 5) is 25.7. The number of carboxylic acids is 1. The molecule has 0 aliphatic carbocycles. The molecule has 0 aliphatic rings. The maximum Gasteiger partial charge on any atom is 0.329 e. The first kappa shape index (κ1) is 15.4. The van der Waals surface area contributed by atoms with Gasteiger partial charge >= 0.3 is 5.97 Å². The molecule has 104 valence electrons. The Bertz CT molecular complexity index is 503. The van der Waals surface area contributed by atoms with E-state index in [0.29, 0.717) is 6.54 Å². The number of hydrogen-bond acceptors (Lipinski definition) is 3. The topological polar surface area (TPSA) is 57.6 Å². The summed E-state index contributed by atoms with van der Waals surface area (Å²) in [5, 5.41) is 11.1. The van der Waals surface area contributed by atoms with Crippen LogP contribution in [0.4, 0.5) is 0 Å². The van der Waals surface area contributed by atoms with Gasteiger partial charge in [0.05, 0.1) is 0 Å². The van der Waals surface area contributed by atoms with Gasteiger partial charge in [-0.25, -0.2) is 4.79 Å². The van der Waals surface area contributed by atoms with Gasteiger partial charge in [-0.15, -0.1) is 11.3 Å². The van der Waals surface area contributed by atoms with E-state index in [1.807, 2.05) is 18.4 Å². The summed E-state index contributed by atoms with van der Waals surface area (Å²) < 4.78 is 0. The fourth-order valence-electron chi connectivity index (χ4n) is 1.73. The van der Waals surface area contributed by atoms with Crippen LogP contribution in [0, 0.1) is 6.92 Å². The standard InChI is InChI=1S/C14H19NO3S/c1-5-15(14(3,4)13(17)18)12(16)7-6-11-10(2)8-9-19-11/h6-9H,5H2,1-4H3,(H,17,18). The highest BCUT2D eigenvalue weighted by atomic mass is 32.1. The van der Waals surface area contributed by atoms with E-state index in [9.17, 15) is 14.7 Å². The number of rotatable bonds is 5. The molecular weight excluding hydrogens is 262 g/mol. The highest BCUT2D eigenvalue weighted by Gasteiger charge is 2.35. The van der Waals surface area contributed by atoms with E-state index >= 15 is 0 Å². The first-order valence-electron chi connectivity index (χ1n) is 6.07. The van der Waals surface area contributed by atoms with Crippen LogP contribution in [0.3, 0.4) is 0 Å². The van der Waals surface area contributed by atoms with E-state index in [1.165, 1.54) is 24.8 Å². The Morgan fingerprint density at radius 3 is 2.53 bits per heavy atom. The maximum atomic E-state index is 12.1. The molecule has 0 spiro atoms. The van der Waals surface area contributed by atoms with Crippen LogP contribution in [0.25, 0.3) is 6.08 Å². The van der Waals surface area contributed by atoms with Gasteiger partial charge in [-0.1, -0.05) is 0 Å². The van der Waals surface area contributed by atoms with Crippen molar-refractivity contribution in [3.63, 3.8) is 0 Å². The minimum Gasteiger partial charge on any atom is -0.480 e. The van der Waals surface area contributed by atoms with Crippen molar-refractivity contribution in [1.29, 1.82) is 0 Å². The third kappa shape index (κ3) is 3.44. The van der Waals surface area contributed by atoms with Crippen LogP contribution >= 0.6 is 11.3 Å². The predicted octanol–water partition coefficient (Wildman–Crippen LogP) is 2.78. The summed E-state index contributed by atoms with van der Waals surface area (Å²) in [6, 6.07) is 1.98. The van der Waals surface area contributed by atoms with E-state index in [4.69, 9.17) is 0 Å². The summed E-state index contributed by atoms with van der Waals surface area (Å²) in [5.74, 6) is -1.30. The second kappa shape index (κ2) is 6.02. The van der Waals surface area contributed by atoms with Crippen LogP contribution < -0.4 is 0 Å². The number of aryl methyl sites for hydroxylation is 1. The lowest BCUT2D eigenvalue weighted by molar-refractivity contribution is -0.154. The van der Waals surface area contributed by atoms with Crippen molar-refractivity contribution in [3.05, 3.63) is 28.0 Å². The number of thiophene rings is 1. The lowest BCUT2D eigenvalue weighted by Crippen LogP contribution is -2.52. The molecule has 0 bridgehead atoms. The van der Waals surface area contributed by atoms with Gasteiger partial charge in [0.1, 0.15) is 5.54 Å². The third-order valence-corrected chi connectivity index (χ3v) is 4.04. The minimum absolute atomic E-state index is 0.289. The molecule has 0 atom stereocenters. The van der Waals surface area contributed by atoms with Crippen molar-refractivity contribution < 1.29 is 14.7 Å². The minimum atomic E-state index is -1.21. The number of carbonyl (C=O) groups is 2. The Labute approximate surface area is 117 Å². The van der Waals surface area contributed by atoms with Gasteiger partial charge in [-0.3, -0.25) is 4.79 Å². The van der Waals surface area contributed by atoms with Crippen LogP contribution in [-0.4, -0.2) is 34.0 Å². The number of likely N-dealkylation sites (N-methyl/N-ethyl adjacent to an activating group) is 1. The smallest absolute Gasteiger partial charge is 0.329 e. The first-order chi connectivity index (χ1) is 8.80. The molecule has 1 N–H and O–H groups in total. The fraction of sp³-hybridized carbons (Fsp3) is 0.429. The lowest BCUT2D eigenvalue weighted by atomic mass is 10.0. The number of carboxylic acid groups (broad SMARTS) is 1. The van der Waals surface area contributed by atoms with E-state index in [0.717, 1.165) is 10.4 Å². The second-order valence-corrected chi connectivity index (χ2v) is 5.70. The van der Waals surface area contributed by atoms with Crippen LogP contribution in [0.1, 0.15) is 31.2 Å². The first-order valence-corrected chi connectivity index (χ1v) is 6.95. The summed E-state index contributed by atoms with van der Waals surface area (Å²) in [5.41, 5.74) is -0.102. The zero-order valence-electron chi connectivity index (χ0n) is 11.6. The highest BCUT2D eigenvalue weighted by Crippen LogP contribution is 2.19. The number of nitrogens with zero attached hydrogens (tertiary/aromatic N) is 1. The molecule has 0 fully saturated rings. The number of aliphatic carboxylic acids is 1. The second-order valence-electron chi connectivity index (χ2n) is 4.75. The zero-order valence-corrected chi connectivity index (χ0v) is 12.5. The molecule has 0 aliphatic heterocycles. The highest BCUT2D eigenvalue weighted by molar-refractivity contribution is 7.11. The van der Waals surface area contributed by atoms with E-state index in [2.05, 4.69) is 0 Å². The molecule has 1 aromatic heterocycles. The summed E-state index contributed by atoms with van der Waals surface area (Å²) in [6.45, 7) is 7.15. The lowest BCUT2D eigenvalue weighted by Gasteiger charge is -2.33. The van der Waals surface area contributed by atoms with Crippen molar-refractivity contribution in [3.8, 4) is 0 Å². The van der Waals surface area contributed by atoms with Crippen molar-refractivity contribution in [2.75, 3.05) is 6.54 Å². The molecular formula is C14H19NO3S. The maximum absolute atomic E-state index is 12.1. The molecule has 1 amide bonds. The SMILES string of the molecule is CCN(C(=O)C=Cc1sccc1C)C(C)(C)C(=O)O. The molecule has 0 saturated carbocycles. The molecule has 0 unspecified atom stereocenters. The van der Waals surface area contributed by atoms with Gasteiger partial charge in [0.25, 0.3) is 0 Å². The monoisotopic (exact) mass is 281 g/mol. The van der Waals surface area contributed by atoms with Gasteiger partial charge < -0.3 is 10.0 Å². The molecule has 1 heterocycles. The largest absolute Gasteiger partial charge is 0.480 e. The average Bonchev–Trinajstić information content (AvgIpc) is 2.72. The Balaban J connectivity index is 2.90. The Morgan fingerprint density at radius 2 is 2.11 bits per heavy atom. The van der Waals surface area contributed by atoms with Crippen molar-refractivity contribution in [2.24, 2.45) is 0 Å². The van der Waals surface area contributed by atoms with Crippen molar-refractivity contribution >= 4 is 29.3 Å². The van der Waals surface area contributed by atoms with Gasteiger partial charge in [0, 0.05) is 17.5 Å². The van der Waals surface area contributed by atoms with Crippen molar-refractivity contribution in [1.82, 2.24) is 4.90 Å². The van der Waals surface area contributed by atoms with Crippen LogP contribution in [0.5, 0.6) is 0 Å². The van der Waals surface area contributed by atoms with Crippen molar-refractivity contribution in [2.45, 2.75) is 33.2 Å². The van der Waals surface area contributed by atoms with E-state index < -0.39 is 11.5 Å². The predicted molar refractivity (Wildman–Crippen MR) is 77.2 cm³/mol. The molecule has 1 aromatic rings. The molecule has 4 nitrogen and oxygen atoms in total. The van der Waals surface area contributed by atoms with Crippen LogP contribution in [0.2, 0.25) is 0 Å². The number of carbonyl (C=O) groups excluding carboxylic acids is 1. The van der Waals surface area contributed by atoms with Crippen LogP contribution in [0.15, 0.2) is 17.5 Å². The van der Waals surface area contributed by atoms with Gasteiger partial charge in [0.2, 0.25) is 5.91 Å². The molecule has 0 radical (unpaired) electrons. The Hall–Kier alpha value is -1.62. The Kier molecular flexibility index (Phi) is 4.89. The summed E-state index contributed by atoms with van der Waals surface area (Å²) >= 11 is 1.55. The quantitative estimate of drug-likeness (QED) is 0.844. The molecule has 0 saturated heterocycles. The van der Waals surface area contributed by atoms with Gasteiger partial charge in [-0.05, 0) is 50.8 Å². The fourth-order valence-corrected chi connectivity index (χ4v) is 2.55. The summed E-state index contributed by atoms with van der Waals surface area (Å²) in [6.07, 6.45) is 3.18. The summed E-state index contributed by atoms with van der Waals surface area (Å²) in [7, 11) is 0. The number of hydrogen-bond donors (Lipinski definition) is 1. The zero-order chi connectivity index (χ0) is 14.6. The molecule has 0 aromatic carbocycles. The Morgan fingerprint density at radius 1 is 1.47 bits per heavy atom.